The standard InChI is InChI=1S/C61H40N2O/c1-5-18-41(19-6-1)42-32-34-46(35-33-42)62(47-36-37-56-51(38-47)49-27-14-16-29-55(49)63(56)45-24-11-4-12-25-45)57-30-17-31-58-60(57)52-39-50-48-26-13-15-28-53(48)61(43-20-7-2-8-21-43,44-22-9-3-10-23-44)54(50)40-59(52)64-58/h1-40H. The van der Waals surface area contributed by atoms with Gasteiger partial charge in [-0.15, -0.1) is 0 Å². The highest BCUT2D eigenvalue weighted by atomic mass is 16.3. The van der Waals surface area contributed by atoms with Crippen LogP contribution in [0.4, 0.5) is 17.1 Å². The quantitative estimate of drug-likeness (QED) is 0.160. The van der Waals surface area contributed by atoms with E-state index < -0.39 is 5.41 Å². The summed E-state index contributed by atoms with van der Waals surface area (Å²) in [7, 11) is 0. The second kappa shape index (κ2) is 14.3. The van der Waals surface area contributed by atoms with Crippen LogP contribution in [0, 0.1) is 0 Å². The van der Waals surface area contributed by atoms with Gasteiger partial charge in [-0.3, -0.25) is 0 Å². The molecule has 0 bridgehead atoms. The Hall–Kier alpha value is -8.40. The molecule has 3 nitrogen and oxygen atoms in total. The maximum atomic E-state index is 7.03. The summed E-state index contributed by atoms with van der Waals surface area (Å²) < 4.78 is 9.41. The van der Waals surface area contributed by atoms with Crippen molar-refractivity contribution in [3.05, 3.63) is 265 Å². The molecule has 0 unspecified atom stereocenters. The van der Waals surface area contributed by atoms with E-state index in [0.29, 0.717) is 0 Å². The minimum absolute atomic E-state index is 0.523. The van der Waals surface area contributed by atoms with E-state index in [1.807, 2.05) is 0 Å². The number of rotatable bonds is 7. The average Bonchev–Trinajstić information content (AvgIpc) is 4.01. The van der Waals surface area contributed by atoms with Crippen LogP contribution in [0.5, 0.6) is 0 Å². The number of hydrogen-bond acceptors (Lipinski definition) is 2. The van der Waals surface area contributed by atoms with Crippen molar-refractivity contribution >= 4 is 60.8 Å². The van der Waals surface area contributed by atoms with Gasteiger partial charge in [0.2, 0.25) is 0 Å². The second-order valence-corrected chi connectivity index (χ2v) is 16.8. The first-order chi connectivity index (χ1) is 31.8. The second-order valence-electron chi connectivity index (χ2n) is 16.8. The predicted octanol–water partition coefficient (Wildman–Crippen LogP) is 16.2. The zero-order valence-electron chi connectivity index (χ0n) is 34.9. The molecule has 0 fully saturated rings. The highest BCUT2D eigenvalue weighted by Gasteiger charge is 2.46. The summed E-state index contributed by atoms with van der Waals surface area (Å²) in [6, 6.07) is 88.0. The molecule has 0 spiro atoms. The van der Waals surface area contributed by atoms with Crippen molar-refractivity contribution in [2.75, 3.05) is 4.90 Å². The molecule has 13 rings (SSSR count). The molecule has 2 aromatic heterocycles. The Morgan fingerprint density at radius 2 is 0.984 bits per heavy atom. The van der Waals surface area contributed by atoms with Crippen molar-refractivity contribution in [1.82, 2.24) is 4.57 Å². The number of benzene rings is 10. The first kappa shape index (κ1) is 36.3. The molecule has 12 aromatic rings. The molecule has 0 amide bonds. The summed E-state index contributed by atoms with van der Waals surface area (Å²) in [5.41, 5.74) is 17.7. The summed E-state index contributed by atoms with van der Waals surface area (Å²) >= 11 is 0. The van der Waals surface area contributed by atoms with Crippen LogP contribution in [0.3, 0.4) is 0 Å². The SMILES string of the molecule is c1ccc(-c2ccc(N(c3ccc4c(c3)c3ccccc3n4-c3ccccc3)c3cccc4oc5cc6c(cc5c34)-c3ccccc3C6(c3ccccc3)c3ccccc3)cc2)cc1. The first-order valence-corrected chi connectivity index (χ1v) is 22.0. The van der Waals surface area contributed by atoms with Crippen LogP contribution in [0.15, 0.2) is 247 Å². The maximum absolute atomic E-state index is 7.03. The summed E-state index contributed by atoms with van der Waals surface area (Å²) in [6.07, 6.45) is 0. The van der Waals surface area contributed by atoms with Gasteiger partial charge in [0.15, 0.2) is 0 Å². The number of furan rings is 1. The van der Waals surface area contributed by atoms with Crippen LogP contribution in [0.25, 0.3) is 71.7 Å². The molecule has 1 aliphatic rings. The van der Waals surface area contributed by atoms with Gasteiger partial charge < -0.3 is 13.9 Å². The highest BCUT2D eigenvalue weighted by molar-refractivity contribution is 6.16. The van der Waals surface area contributed by atoms with Crippen molar-refractivity contribution < 1.29 is 4.42 Å². The lowest BCUT2D eigenvalue weighted by atomic mass is 9.67. The fourth-order valence-corrected chi connectivity index (χ4v) is 10.7. The molecule has 300 valence electrons. The molecule has 0 saturated carbocycles. The summed E-state index contributed by atoms with van der Waals surface area (Å²) in [6.45, 7) is 0. The van der Waals surface area contributed by atoms with Gasteiger partial charge in [0, 0.05) is 33.2 Å². The van der Waals surface area contributed by atoms with Crippen molar-refractivity contribution in [2.45, 2.75) is 5.41 Å². The van der Waals surface area contributed by atoms with Gasteiger partial charge in [0.05, 0.1) is 27.5 Å². The minimum Gasteiger partial charge on any atom is -0.456 e. The third-order valence-electron chi connectivity index (χ3n) is 13.5. The van der Waals surface area contributed by atoms with Gasteiger partial charge >= 0.3 is 0 Å². The summed E-state index contributed by atoms with van der Waals surface area (Å²) in [5.74, 6) is 0. The molecule has 0 radical (unpaired) electrons. The Labute approximate surface area is 371 Å². The van der Waals surface area contributed by atoms with Gasteiger partial charge in [-0.1, -0.05) is 170 Å². The van der Waals surface area contributed by atoms with E-state index in [-0.39, 0.29) is 0 Å². The minimum atomic E-state index is -0.523. The van der Waals surface area contributed by atoms with E-state index in [1.54, 1.807) is 0 Å². The molecule has 0 N–H and O–H groups in total. The fourth-order valence-electron chi connectivity index (χ4n) is 10.7. The van der Waals surface area contributed by atoms with Crippen molar-refractivity contribution in [1.29, 1.82) is 0 Å². The number of aromatic nitrogens is 1. The fraction of sp³-hybridized carbons (Fsp3) is 0.0164. The molecule has 3 heteroatoms. The summed E-state index contributed by atoms with van der Waals surface area (Å²) in [4.78, 5) is 2.42. The largest absolute Gasteiger partial charge is 0.456 e. The topological polar surface area (TPSA) is 21.3 Å². The lowest BCUT2D eigenvalue weighted by Gasteiger charge is -2.33. The Morgan fingerprint density at radius 3 is 1.73 bits per heavy atom. The van der Waals surface area contributed by atoms with Gasteiger partial charge in [-0.05, 0) is 117 Å². The van der Waals surface area contributed by atoms with Crippen LogP contribution in [0.1, 0.15) is 22.3 Å². The van der Waals surface area contributed by atoms with Gasteiger partial charge in [0.25, 0.3) is 0 Å². The predicted molar refractivity (Wildman–Crippen MR) is 265 cm³/mol. The van der Waals surface area contributed by atoms with Crippen LogP contribution >= 0.6 is 0 Å². The van der Waals surface area contributed by atoms with E-state index in [2.05, 4.69) is 252 Å². The molecule has 1 aliphatic carbocycles. The van der Waals surface area contributed by atoms with Gasteiger partial charge in [-0.2, -0.15) is 0 Å². The van der Waals surface area contributed by atoms with Gasteiger partial charge in [0.1, 0.15) is 11.2 Å². The van der Waals surface area contributed by atoms with E-state index in [9.17, 15) is 0 Å². The zero-order valence-corrected chi connectivity index (χ0v) is 34.9. The zero-order chi connectivity index (χ0) is 42.2. The van der Waals surface area contributed by atoms with E-state index in [1.165, 1.54) is 60.8 Å². The van der Waals surface area contributed by atoms with E-state index in [0.717, 1.165) is 50.2 Å². The lowest BCUT2D eigenvalue weighted by molar-refractivity contribution is 0.666. The third-order valence-corrected chi connectivity index (χ3v) is 13.5. The maximum Gasteiger partial charge on any atom is 0.137 e. The number of nitrogens with zero attached hydrogens (tertiary/aromatic N) is 2. The Kier molecular flexibility index (Phi) is 8.13. The van der Waals surface area contributed by atoms with Crippen LogP contribution in [0.2, 0.25) is 0 Å². The number of hydrogen-bond donors (Lipinski definition) is 0. The number of para-hydroxylation sites is 2. The smallest absolute Gasteiger partial charge is 0.137 e. The third kappa shape index (κ3) is 5.34. The van der Waals surface area contributed by atoms with Crippen molar-refractivity contribution in [3.8, 4) is 27.9 Å². The molecule has 64 heavy (non-hydrogen) atoms. The molecular formula is C61H40N2O. The Morgan fingerprint density at radius 1 is 0.375 bits per heavy atom. The molecule has 0 atom stereocenters. The van der Waals surface area contributed by atoms with Crippen molar-refractivity contribution in [3.63, 3.8) is 0 Å². The lowest BCUT2D eigenvalue weighted by Crippen LogP contribution is -2.28. The van der Waals surface area contributed by atoms with Crippen LogP contribution in [-0.4, -0.2) is 4.57 Å². The Balaban J connectivity index is 1.07. The normalized spacial score (nSPS) is 12.8. The Bertz CT molecular complexity index is 3660. The number of anilines is 3. The molecule has 10 aromatic carbocycles. The molecule has 0 aliphatic heterocycles. The molecule has 0 saturated heterocycles. The van der Waals surface area contributed by atoms with Gasteiger partial charge in [-0.25, -0.2) is 0 Å². The van der Waals surface area contributed by atoms with E-state index in [4.69, 9.17) is 4.42 Å². The van der Waals surface area contributed by atoms with Crippen LogP contribution in [-0.2, 0) is 5.41 Å². The van der Waals surface area contributed by atoms with E-state index >= 15 is 0 Å². The van der Waals surface area contributed by atoms with Crippen LogP contribution < -0.4 is 4.90 Å². The highest BCUT2D eigenvalue weighted by Crippen LogP contribution is 2.58. The monoisotopic (exact) mass is 816 g/mol. The average molecular weight is 817 g/mol. The molecule has 2 heterocycles. The molecular weight excluding hydrogens is 777 g/mol. The first-order valence-electron chi connectivity index (χ1n) is 22.0. The summed E-state index contributed by atoms with van der Waals surface area (Å²) in [5, 5.41) is 4.57. The number of fused-ring (bicyclic) bond motifs is 9. The van der Waals surface area contributed by atoms with Crippen molar-refractivity contribution in [2.24, 2.45) is 0 Å².